The van der Waals surface area contributed by atoms with Crippen LogP contribution in [0.15, 0.2) is 22.7 Å². The number of aryl methyl sites for hydroxylation is 1. The van der Waals surface area contributed by atoms with Crippen LogP contribution >= 0.6 is 15.9 Å². The Balaban J connectivity index is 2.36. The minimum atomic E-state index is -1.10. The van der Waals surface area contributed by atoms with Crippen LogP contribution in [0.2, 0.25) is 0 Å². The summed E-state index contributed by atoms with van der Waals surface area (Å²) in [5.41, 5.74) is 0.465. The summed E-state index contributed by atoms with van der Waals surface area (Å²) in [4.78, 5) is 25.4. The molecule has 102 valence electrons. The van der Waals surface area contributed by atoms with Gasteiger partial charge in [-0.1, -0.05) is 6.07 Å². The van der Waals surface area contributed by atoms with Gasteiger partial charge in [-0.2, -0.15) is 0 Å². The van der Waals surface area contributed by atoms with Crippen LogP contribution in [0, 0.1) is 6.92 Å². The number of carbonyl (C=O) groups is 2. The number of carbonyl (C=O) groups excluding carboxylic acids is 1. The van der Waals surface area contributed by atoms with Crippen molar-refractivity contribution in [3.05, 3.63) is 33.8 Å². The molecule has 1 unspecified atom stereocenters. The molecule has 1 saturated heterocycles. The molecule has 0 radical (unpaired) electrons. The van der Waals surface area contributed by atoms with Gasteiger partial charge in [-0.15, -0.1) is 0 Å². The lowest BCUT2D eigenvalue weighted by Gasteiger charge is -2.31. The van der Waals surface area contributed by atoms with Crippen molar-refractivity contribution in [2.75, 3.05) is 6.54 Å². The van der Waals surface area contributed by atoms with Gasteiger partial charge in [-0.05, 0) is 60.3 Å². The molecule has 5 heteroatoms. The molecule has 0 saturated carbocycles. The third-order valence-corrected chi connectivity index (χ3v) is 4.36. The van der Waals surface area contributed by atoms with E-state index in [1.54, 1.807) is 13.0 Å². The van der Waals surface area contributed by atoms with Gasteiger partial charge in [0.2, 0.25) is 0 Å². The first kappa shape index (κ1) is 14.1. The average molecular weight is 326 g/mol. The van der Waals surface area contributed by atoms with Crippen molar-refractivity contribution in [2.24, 2.45) is 0 Å². The van der Waals surface area contributed by atoms with Gasteiger partial charge in [0.05, 0.1) is 5.56 Å². The number of benzene rings is 1. The van der Waals surface area contributed by atoms with E-state index in [9.17, 15) is 14.7 Å². The first-order chi connectivity index (χ1) is 8.86. The molecule has 1 aromatic carbocycles. The van der Waals surface area contributed by atoms with E-state index < -0.39 is 11.5 Å². The predicted octanol–water partition coefficient (Wildman–Crippen LogP) is 2.84. The Morgan fingerprint density at radius 3 is 2.68 bits per heavy atom. The predicted molar refractivity (Wildman–Crippen MR) is 75.2 cm³/mol. The largest absolute Gasteiger partial charge is 0.480 e. The number of carboxylic acids is 1. The maximum atomic E-state index is 12.5. The van der Waals surface area contributed by atoms with Crippen molar-refractivity contribution >= 4 is 27.8 Å². The first-order valence-corrected chi connectivity index (χ1v) is 6.97. The Labute approximate surface area is 120 Å². The smallest absolute Gasteiger partial charge is 0.329 e. The molecular weight excluding hydrogens is 310 g/mol. The van der Waals surface area contributed by atoms with E-state index in [1.807, 2.05) is 19.1 Å². The molecule has 0 aliphatic carbocycles. The van der Waals surface area contributed by atoms with Crippen LogP contribution < -0.4 is 0 Å². The van der Waals surface area contributed by atoms with Gasteiger partial charge in [0.1, 0.15) is 5.54 Å². The summed E-state index contributed by atoms with van der Waals surface area (Å²) in [6.45, 7) is 4.04. The van der Waals surface area contributed by atoms with Crippen LogP contribution in [-0.4, -0.2) is 34.0 Å². The molecule has 1 fully saturated rings. The lowest BCUT2D eigenvalue weighted by atomic mass is 9.98. The number of rotatable bonds is 2. The zero-order valence-corrected chi connectivity index (χ0v) is 12.5. The highest BCUT2D eigenvalue weighted by Gasteiger charge is 2.46. The van der Waals surface area contributed by atoms with E-state index >= 15 is 0 Å². The number of hydrogen-bond donors (Lipinski definition) is 1. The van der Waals surface area contributed by atoms with Gasteiger partial charge in [0.25, 0.3) is 5.91 Å². The monoisotopic (exact) mass is 325 g/mol. The van der Waals surface area contributed by atoms with Crippen molar-refractivity contribution < 1.29 is 14.7 Å². The summed E-state index contributed by atoms with van der Waals surface area (Å²) in [7, 11) is 0. The van der Waals surface area contributed by atoms with Crippen LogP contribution in [0.3, 0.4) is 0 Å². The van der Waals surface area contributed by atoms with Gasteiger partial charge < -0.3 is 10.0 Å². The molecule has 1 heterocycles. The molecular formula is C14H16BrNO3. The summed E-state index contributed by atoms with van der Waals surface area (Å²) >= 11 is 3.37. The number of likely N-dealkylation sites (tertiary alicyclic amines) is 1. The second-order valence-electron chi connectivity index (χ2n) is 5.12. The Kier molecular flexibility index (Phi) is 3.67. The molecule has 1 N–H and O–H groups in total. The number of amides is 1. The van der Waals surface area contributed by atoms with Crippen molar-refractivity contribution in [1.29, 1.82) is 0 Å². The molecule has 2 rings (SSSR count). The quantitative estimate of drug-likeness (QED) is 0.909. The molecule has 1 aromatic rings. The van der Waals surface area contributed by atoms with E-state index in [4.69, 9.17) is 0 Å². The standard InChI is InChI=1S/C14H16BrNO3/c1-9-4-5-10(11(15)8-9)12(17)16-7-3-6-14(16,2)13(18)19/h4-5,8H,3,6-7H2,1-2H3,(H,18,19). The summed E-state index contributed by atoms with van der Waals surface area (Å²) in [5.74, 6) is -1.17. The number of nitrogens with zero attached hydrogens (tertiary/aromatic N) is 1. The van der Waals surface area contributed by atoms with Gasteiger partial charge in [0.15, 0.2) is 0 Å². The van der Waals surface area contributed by atoms with Crippen molar-refractivity contribution in [2.45, 2.75) is 32.2 Å². The summed E-state index contributed by atoms with van der Waals surface area (Å²) < 4.78 is 0.706. The molecule has 4 nitrogen and oxygen atoms in total. The fourth-order valence-corrected chi connectivity index (χ4v) is 3.11. The summed E-state index contributed by atoms with van der Waals surface area (Å²) in [5, 5.41) is 9.35. The number of aliphatic carboxylic acids is 1. The van der Waals surface area contributed by atoms with Gasteiger partial charge in [-0.3, -0.25) is 4.79 Å². The maximum Gasteiger partial charge on any atom is 0.329 e. The molecule has 0 spiro atoms. The van der Waals surface area contributed by atoms with Gasteiger partial charge in [0, 0.05) is 11.0 Å². The third-order valence-electron chi connectivity index (χ3n) is 3.70. The van der Waals surface area contributed by atoms with E-state index in [0.717, 1.165) is 12.0 Å². The maximum absolute atomic E-state index is 12.5. The number of halogens is 1. The summed E-state index contributed by atoms with van der Waals surface area (Å²) in [6.07, 6.45) is 1.22. The third kappa shape index (κ3) is 2.39. The van der Waals surface area contributed by atoms with Crippen LogP contribution in [0.1, 0.15) is 35.7 Å². The highest BCUT2D eigenvalue weighted by Crippen LogP contribution is 2.32. The lowest BCUT2D eigenvalue weighted by Crippen LogP contribution is -2.50. The molecule has 1 atom stereocenters. The van der Waals surface area contributed by atoms with Gasteiger partial charge in [-0.25, -0.2) is 4.79 Å². The number of carboxylic acid groups (broad SMARTS) is 1. The first-order valence-electron chi connectivity index (χ1n) is 6.18. The van der Waals surface area contributed by atoms with E-state index in [-0.39, 0.29) is 5.91 Å². The second kappa shape index (κ2) is 4.96. The topological polar surface area (TPSA) is 57.6 Å². The van der Waals surface area contributed by atoms with E-state index in [0.29, 0.717) is 23.0 Å². The van der Waals surface area contributed by atoms with Crippen LogP contribution in [0.25, 0.3) is 0 Å². The van der Waals surface area contributed by atoms with Crippen LogP contribution in [-0.2, 0) is 4.79 Å². The molecule has 1 amide bonds. The fraction of sp³-hybridized carbons (Fsp3) is 0.429. The summed E-state index contributed by atoms with van der Waals surface area (Å²) in [6, 6.07) is 5.45. The molecule has 1 aliphatic heterocycles. The van der Waals surface area contributed by atoms with Crippen molar-refractivity contribution in [3.63, 3.8) is 0 Å². The van der Waals surface area contributed by atoms with Crippen LogP contribution in [0.4, 0.5) is 0 Å². The Morgan fingerprint density at radius 2 is 2.11 bits per heavy atom. The molecule has 0 aromatic heterocycles. The van der Waals surface area contributed by atoms with E-state index in [2.05, 4.69) is 15.9 Å². The highest BCUT2D eigenvalue weighted by atomic mass is 79.9. The van der Waals surface area contributed by atoms with Crippen LogP contribution in [0.5, 0.6) is 0 Å². The second-order valence-corrected chi connectivity index (χ2v) is 5.98. The SMILES string of the molecule is Cc1ccc(C(=O)N2CCCC2(C)C(=O)O)c(Br)c1. The number of hydrogen-bond acceptors (Lipinski definition) is 2. The highest BCUT2D eigenvalue weighted by molar-refractivity contribution is 9.10. The zero-order valence-electron chi connectivity index (χ0n) is 10.9. The lowest BCUT2D eigenvalue weighted by molar-refractivity contribution is -0.147. The molecule has 0 bridgehead atoms. The van der Waals surface area contributed by atoms with E-state index in [1.165, 1.54) is 4.90 Å². The fourth-order valence-electron chi connectivity index (χ4n) is 2.45. The molecule has 1 aliphatic rings. The normalized spacial score (nSPS) is 22.6. The van der Waals surface area contributed by atoms with Crippen molar-refractivity contribution in [1.82, 2.24) is 4.90 Å². The Bertz CT molecular complexity index is 543. The minimum absolute atomic E-state index is 0.228. The minimum Gasteiger partial charge on any atom is -0.480 e. The Hall–Kier alpha value is -1.36. The Morgan fingerprint density at radius 1 is 1.42 bits per heavy atom. The zero-order chi connectivity index (χ0) is 14.2. The van der Waals surface area contributed by atoms with Crippen molar-refractivity contribution in [3.8, 4) is 0 Å². The average Bonchev–Trinajstić information content (AvgIpc) is 2.72. The van der Waals surface area contributed by atoms with Gasteiger partial charge >= 0.3 is 5.97 Å². The molecule has 19 heavy (non-hydrogen) atoms.